The van der Waals surface area contributed by atoms with Gasteiger partial charge in [-0.15, -0.1) is 17.0 Å². The Hall–Kier alpha value is -2.47. The van der Waals surface area contributed by atoms with E-state index in [-0.39, 0.29) is 28.3 Å². The second-order valence-electron chi connectivity index (χ2n) is 4.31. The predicted octanol–water partition coefficient (Wildman–Crippen LogP) is 2.84. The molecule has 2 heterocycles. The number of hydrogen-bond donors (Lipinski definition) is 1. The Balaban J connectivity index is 0.00000161. The first kappa shape index (κ1) is 14.9. The highest BCUT2D eigenvalue weighted by molar-refractivity contribution is 8.93. The number of rotatable bonds is 3. The maximum Gasteiger partial charge on any atom is 0.337 e. The monoisotopic (exact) mass is 346 g/mol. The lowest BCUT2D eigenvalue weighted by atomic mass is 10.1. The molecule has 0 aliphatic rings. The van der Waals surface area contributed by atoms with Gasteiger partial charge in [-0.05, 0) is 12.1 Å². The number of carboxylic acid groups (broad SMARTS) is 1. The maximum atomic E-state index is 12.2. The van der Waals surface area contributed by atoms with Crippen LogP contribution < -0.4 is 0 Å². The Morgan fingerprint density at radius 3 is 2.33 bits per heavy atom. The van der Waals surface area contributed by atoms with Crippen LogP contribution >= 0.6 is 17.0 Å². The summed E-state index contributed by atoms with van der Waals surface area (Å²) in [5.41, 5.74) is 1.52. The van der Waals surface area contributed by atoms with Crippen LogP contribution in [0.1, 0.15) is 26.4 Å². The number of carbonyl (C=O) groups excluding carboxylic acids is 1. The van der Waals surface area contributed by atoms with E-state index in [1.54, 1.807) is 34.7 Å². The van der Waals surface area contributed by atoms with Crippen molar-refractivity contribution in [1.29, 1.82) is 0 Å². The van der Waals surface area contributed by atoms with E-state index in [9.17, 15) is 9.59 Å². The van der Waals surface area contributed by atoms with E-state index < -0.39 is 5.97 Å². The molecule has 6 heteroatoms. The molecular weight excluding hydrogens is 336 g/mol. The van der Waals surface area contributed by atoms with Gasteiger partial charge in [0.05, 0.1) is 5.56 Å². The second kappa shape index (κ2) is 5.88. The fourth-order valence-corrected chi connectivity index (χ4v) is 1.97. The second-order valence-corrected chi connectivity index (χ2v) is 4.31. The number of hydrogen-bond acceptors (Lipinski definition) is 3. The molecule has 3 rings (SSSR count). The van der Waals surface area contributed by atoms with Crippen LogP contribution in [-0.2, 0) is 0 Å². The van der Waals surface area contributed by atoms with Crippen molar-refractivity contribution in [2.24, 2.45) is 0 Å². The minimum Gasteiger partial charge on any atom is -0.478 e. The topological polar surface area (TPSA) is 71.7 Å². The Kier molecular flexibility index (Phi) is 4.18. The number of ketones is 1. The first-order chi connectivity index (χ1) is 9.65. The zero-order chi connectivity index (χ0) is 14.1. The Morgan fingerprint density at radius 2 is 1.67 bits per heavy atom. The standard InChI is InChI=1S/C15H10N2O3.BrH/c18-14(10-4-2-1-3-5-10)12-9-17-8-11(15(19)20)6-7-13(17)16-12;/h1-9H,(H,19,20);1H. The highest BCUT2D eigenvalue weighted by Crippen LogP contribution is 2.12. The Bertz CT molecular complexity index is 812. The summed E-state index contributed by atoms with van der Waals surface area (Å²) in [4.78, 5) is 27.4. The fraction of sp³-hybridized carbons (Fsp3) is 0. The molecule has 106 valence electrons. The number of aromatic carboxylic acids is 1. The number of aromatic nitrogens is 2. The Morgan fingerprint density at radius 1 is 0.952 bits per heavy atom. The minimum absolute atomic E-state index is 0. The molecule has 0 radical (unpaired) electrons. The number of pyridine rings is 1. The van der Waals surface area contributed by atoms with Crippen molar-refractivity contribution in [3.8, 4) is 0 Å². The summed E-state index contributed by atoms with van der Waals surface area (Å²) in [7, 11) is 0. The lowest BCUT2D eigenvalue weighted by Crippen LogP contribution is -2.00. The molecule has 0 aliphatic heterocycles. The molecule has 3 aromatic rings. The van der Waals surface area contributed by atoms with Gasteiger partial charge in [0.2, 0.25) is 5.78 Å². The van der Waals surface area contributed by atoms with Crippen molar-refractivity contribution < 1.29 is 14.7 Å². The molecule has 1 aromatic carbocycles. The van der Waals surface area contributed by atoms with Crippen molar-refractivity contribution >= 4 is 34.4 Å². The number of halogens is 1. The average Bonchev–Trinajstić information content (AvgIpc) is 2.90. The van der Waals surface area contributed by atoms with Crippen LogP contribution in [0.15, 0.2) is 54.9 Å². The van der Waals surface area contributed by atoms with Crippen molar-refractivity contribution in [2.75, 3.05) is 0 Å². The number of fused-ring (bicyclic) bond motifs is 1. The minimum atomic E-state index is -1.02. The van der Waals surface area contributed by atoms with Gasteiger partial charge in [0.1, 0.15) is 11.3 Å². The fourth-order valence-electron chi connectivity index (χ4n) is 1.97. The van der Waals surface area contributed by atoms with Gasteiger partial charge in [0.25, 0.3) is 0 Å². The van der Waals surface area contributed by atoms with Gasteiger partial charge in [-0.2, -0.15) is 0 Å². The highest BCUT2D eigenvalue weighted by atomic mass is 79.9. The van der Waals surface area contributed by atoms with Crippen molar-refractivity contribution in [3.63, 3.8) is 0 Å². The molecule has 0 aliphatic carbocycles. The Labute approximate surface area is 130 Å². The highest BCUT2D eigenvalue weighted by Gasteiger charge is 2.13. The van der Waals surface area contributed by atoms with Gasteiger partial charge in [-0.1, -0.05) is 30.3 Å². The molecule has 5 nitrogen and oxygen atoms in total. The van der Waals surface area contributed by atoms with Gasteiger partial charge in [-0.25, -0.2) is 9.78 Å². The van der Waals surface area contributed by atoms with Gasteiger partial charge >= 0.3 is 5.97 Å². The summed E-state index contributed by atoms with van der Waals surface area (Å²) < 4.78 is 1.54. The van der Waals surface area contributed by atoms with E-state index in [1.807, 2.05) is 6.07 Å². The summed E-state index contributed by atoms with van der Waals surface area (Å²) in [5.74, 6) is -1.21. The van der Waals surface area contributed by atoms with Crippen LogP contribution in [0.2, 0.25) is 0 Å². The van der Waals surface area contributed by atoms with Crippen LogP contribution in [0.5, 0.6) is 0 Å². The number of imidazole rings is 1. The molecule has 0 spiro atoms. The summed E-state index contributed by atoms with van der Waals surface area (Å²) >= 11 is 0. The molecule has 2 aromatic heterocycles. The van der Waals surface area contributed by atoms with Crippen LogP contribution in [-0.4, -0.2) is 26.2 Å². The maximum absolute atomic E-state index is 12.2. The summed E-state index contributed by atoms with van der Waals surface area (Å²) in [6.45, 7) is 0. The van der Waals surface area contributed by atoms with Crippen molar-refractivity contribution in [1.82, 2.24) is 9.38 Å². The predicted molar refractivity (Wildman–Crippen MR) is 82.3 cm³/mol. The molecule has 0 bridgehead atoms. The van der Waals surface area contributed by atoms with E-state index in [4.69, 9.17) is 5.11 Å². The number of carbonyl (C=O) groups is 2. The number of benzene rings is 1. The number of carboxylic acids is 1. The lowest BCUT2D eigenvalue weighted by molar-refractivity contribution is 0.0696. The molecule has 1 N–H and O–H groups in total. The molecule has 0 unspecified atom stereocenters. The lowest BCUT2D eigenvalue weighted by Gasteiger charge is -1.95. The quantitative estimate of drug-likeness (QED) is 0.740. The van der Waals surface area contributed by atoms with Gasteiger partial charge in [-0.3, -0.25) is 4.79 Å². The molecule has 0 atom stereocenters. The third-order valence-electron chi connectivity index (χ3n) is 2.97. The van der Waals surface area contributed by atoms with Gasteiger partial charge in [0, 0.05) is 18.0 Å². The van der Waals surface area contributed by atoms with Crippen LogP contribution in [0.4, 0.5) is 0 Å². The SMILES string of the molecule is Br.O=C(O)c1ccc2nc(C(=O)c3ccccc3)cn2c1. The van der Waals surface area contributed by atoms with E-state index in [0.717, 1.165) is 0 Å². The number of nitrogens with zero attached hydrogens (tertiary/aromatic N) is 2. The third-order valence-corrected chi connectivity index (χ3v) is 2.97. The molecule has 0 fully saturated rings. The molecule has 0 saturated heterocycles. The smallest absolute Gasteiger partial charge is 0.337 e. The van der Waals surface area contributed by atoms with Crippen molar-refractivity contribution in [3.05, 3.63) is 71.7 Å². The van der Waals surface area contributed by atoms with Crippen LogP contribution in [0, 0.1) is 0 Å². The van der Waals surface area contributed by atoms with Crippen molar-refractivity contribution in [2.45, 2.75) is 0 Å². The van der Waals surface area contributed by atoms with E-state index in [2.05, 4.69) is 4.98 Å². The summed E-state index contributed by atoms with van der Waals surface area (Å²) in [6.07, 6.45) is 2.98. The summed E-state index contributed by atoms with van der Waals surface area (Å²) in [5, 5.41) is 8.94. The molecule has 0 amide bonds. The third kappa shape index (κ3) is 2.85. The molecular formula is C15H11BrN2O3. The van der Waals surface area contributed by atoms with Gasteiger partial charge in [0.15, 0.2) is 0 Å². The molecule has 21 heavy (non-hydrogen) atoms. The molecule has 0 saturated carbocycles. The van der Waals surface area contributed by atoms with E-state index in [0.29, 0.717) is 16.9 Å². The zero-order valence-electron chi connectivity index (χ0n) is 10.8. The van der Waals surface area contributed by atoms with E-state index >= 15 is 0 Å². The summed E-state index contributed by atoms with van der Waals surface area (Å²) in [6, 6.07) is 11.9. The first-order valence-corrected chi connectivity index (χ1v) is 5.97. The van der Waals surface area contributed by atoms with Crippen LogP contribution in [0.25, 0.3) is 5.65 Å². The normalized spacial score (nSPS) is 10.1. The van der Waals surface area contributed by atoms with Gasteiger partial charge < -0.3 is 9.51 Å². The first-order valence-electron chi connectivity index (χ1n) is 5.97. The van der Waals surface area contributed by atoms with Crippen LogP contribution in [0.3, 0.4) is 0 Å². The van der Waals surface area contributed by atoms with E-state index in [1.165, 1.54) is 18.5 Å². The largest absolute Gasteiger partial charge is 0.478 e. The zero-order valence-corrected chi connectivity index (χ0v) is 12.5. The average molecular weight is 347 g/mol.